The average molecular weight is 481 g/mol. The number of hydrogen-bond acceptors (Lipinski definition) is 5. The minimum Gasteiger partial charge on any atom is -0.357 e. The Bertz CT molecular complexity index is 547. The number of aliphatic imine (C=N–C) groups is 1. The number of guanidine groups is 1. The summed E-state index contributed by atoms with van der Waals surface area (Å²) in [5.74, 6) is 3.99. The van der Waals surface area contributed by atoms with Gasteiger partial charge in [-0.2, -0.15) is 16.7 Å². The molecule has 1 aliphatic heterocycles. The predicted octanol–water partition coefficient (Wildman–Crippen LogP) is 3.54. The minimum absolute atomic E-state index is 0. The fourth-order valence-corrected chi connectivity index (χ4v) is 3.75. The Kier molecular flexibility index (Phi) is 9.55. The summed E-state index contributed by atoms with van der Waals surface area (Å²) in [7, 11) is 0. The molecule has 1 saturated heterocycles. The second kappa shape index (κ2) is 10.6. The molecule has 0 atom stereocenters. The van der Waals surface area contributed by atoms with Gasteiger partial charge in [-0.25, -0.2) is 0 Å². The van der Waals surface area contributed by atoms with Crippen LogP contribution in [0.25, 0.3) is 0 Å². The van der Waals surface area contributed by atoms with Gasteiger partial charge in [0, 0.05) is 49.0 Å². The third-order valence-corrected chi connectivity index (χ3v) is 5.17. The van der Waals surface area contributed by atoms with E-state index < -0.39 is 0 Å². The fraction of sp³-hybridized carbons (Fsp3) is 0.824. The molecule has 0 unspecified atom stereocenters. The maximum Gasteiger partial charge on any atom is 0.226 e. The molecule has 1 aromatic rings. The molecule has 0 radical (unpaired) electrons. The number of thioether (sulfide) groups is 1. The van der Waals surface area contributed by atoms with E-state index in [1.807, 2.05) is 11.8 Å². The molecular formula is C17H32IN5OS. The Morgan fingerprint density at radius 2 is 2.20 bits per heavy atom. The van der Waals surface area contributed by atoms with Crippen LogP contribution in [0, 0.1) is 0 Å². The maximum atomic E-state index is 5.29. The van der Waals surface area contributed by atoms with E-state index in [4.69, 9.17) is 9.52 Å². The normalized spacial score (nSPS) is 17.5. The van der Waals surface area contributed by atoms with Gasteiger partial charge >= 0.3 is 0 Å². The van der Waals surface area contributed by atoms with E-state index in [9.17, 15) is 0 Å². The molecule has 6 nitrogen and oxygen atoms in total. The van der Waals surface area contributed by atoms with Crippen molar-refractivity contribution in [1.82, 2.24) is 20.4 Å². The van der Waals surface area contributed by atoms with Crippen LogP contribution < -0.4 is 5.32 Å². The van der Waals surface area contributed by atoms with E-state index >= 15 is 0 Å². The van der Waals surface area contributed by atoms with Crippen molar-refractivity contribution in [2.45, 2.75) is 58.1 Å². The number of nitrogens with one attached hydrogen (secondary N) is 1. The zero-order chi connectivity index (χ0) is 17.6. The standard InChI is InChI=1S/C17H31N5OS.HI/c1-6-18-16(22-10-11-24-17(4,5)12-22)19-9-7-8-14-20-15(13(2)3)21-23-14;/h13H,6-12H2,1-5H3,(H,18,19);1H. The smallest absolute Gasteiger partial charge is 0.226 e. The molecule has 1 aliphatic rings. The third-order valence-electron chi connectivity index (χ3n) is 3.87. The zero-order valence-electron chi connectivity index (χ0n) is 16.0. The number of aromatic nitrogens is 2. The largest absolute Gasteiger partial charge is 0.357 e. The van der Waals surface area contributed by atoms with Crippen molar-refractivity contribution in [1.29, 1.82) is 0 Å². The van der Waals surface area contributed by atoms with Crippen LogP contribution in [0.15, 0.2) is 9.52 Å². The van der Waals surface area contributed by atoms with Crippen molar-refractivity contribution in [2.75, 3.05) is 31.9 Å². The molecule has 0 amide bonds. The van der Waals surface area contributed by atoms with E-state index in [2.05, 4.69) is 55.0 Å². The lowest BCUT2D eigenvalue weighted by Gasteiger charge is -2.39. The summed E-state index contributed by atoms with van der Waals surface area (Å²) in [5.41, 5.74) is 0. The summed E-state index contributed by atoms with van der Waals surface area (Å²) < 4.78 is 5.57. The van der Waals surface area contributed by atoms with Gasteiger partial charge in [0.1, 0.15) is 0 Å². The number of aryl methyl sites for hydroxylation is 1. The highest BCUT2D eigenvalue weighted by Crippen LogP contribution is 2.29. The molecule has 2 heterocycles. The highest BCUT2D eigenvalue weighted by molar-refractivity contribution is 14.0. The first-order valence-electron chi connectivity index (χ1n) is 8.91. The molecule has 0 bridgehead atoms. The van der Waals surface area contributed by atoms with Crippen molar-refractivity contribution in [3.8, 4) is 0 Å². The lowest BCUT2D eigenvalue weighted by molar-refractivity contribution is 0.367. The number of halogens is 1. The van der Waals surface area contributed by atoms with Gasteiger partial charge in [0.15, 0.2) is 11.8 Å². The quantitative estimate of drug-likeness (QED) is 0.290. The summed E-state index contributed by atoms with van der Waals surface area (Å²) in [6.45, 7) is 14.6. The van der Waals surface area contributed by atoms with Crippen LogP contribution in [0.4, 0.5) is 0 Å². The molecule has 2 rings (SSSR count). The monoisotopic (exact) mass is 481 g/mol. The maximum absolute atomic E-state index is 5.29. The molecule has 1 N–H and O–H groups in total. The van der Waals surface area contributed by atoms with Crippen LogP contribution >= 0.6 is 35.7 Å². The SMILES string of the molecule is CCNC(=NCCCc1nc(C(C)C)no1)N1CCSC(C)(C)C1.I. The van der Waals surface area contributed by atoms with Crippen molar-refractivity contribution >= 4 is 41.7 Å². The molecule has 0 aromatic carbocycles. The first kappa shape index (κ1) is 22.5. The van der Waals surface area contributed by atoms with Crippen molar-refractivity contribution in [2.24, 2.45) is 4.99 Å². The highest BCUT2D eigenvalue weighted by atomic mass is 127. The molecule has 0 spiro atoms. The lowest BCUT2D eigenvalue weighted by Crippen LogP contribution is -2.51. The topological polar surface area (TPSA) is 66.5 Å². The second-order valence-corrected chi connectivity index (χ2v) is 8.87. The molecule has 8 heteroatoms. The van der Waals surface area contributed by atoms with E-state index in [1.54, 1.807) is 0 Å². The van der Waals surface area contributed by atoms with Crippen molar-refractivity contribution < 1.29 is 4.52 Å². The van der Waals surface area contributed by atoms with Gasteiger partial charge in [-0.1, -0.05) is 19.0 Å². The summed E-state index contributed by atoms with van der Waals surface area (Å²) in [6, 6.07) is 0. The minimum atomic E-state index is 0. The average Bonchev–Trinajstić information content (AvgIpc) is 2.98. The molecule has 25 heavy (non-hydrogen) atoms. The Hall–Kier alpha value is -0.510. The number of hydrogen-bond donors (Lipinski definition) is 1. The van der Waals surface area contributed by atoms with Crippen LogP contribution in [0.3, 0.4) is 0 Å². The lowest BCUT2D eigenvalue weighted by atomic mass is 10.2. The second-order valence-electron chi connectivity index (χ2n) is 7.07. The molecule has 144 valence electrons. The molecule has 1 aromatic heterocycles. The van der Waals surface area contributed by atoms with E-state index in [-0.39, 0.29) is 28.7 Å². The summed E-state index contributed by atoms with van der Waals surface area (Å²) in [6.07, 6.45) is 1.70. The van der Waals surface area contributed by atoms with Crippen LogP contribution in [0.1, 0.15) is 58.7 Å². The Labute approximate surface area is 173 Å². The number of rotatable bonds is 6. The van der Waals surface area contributed by atoms with Crippen LogP contribution in [0.5, 0.6) is 0 Å². The molecule has 0 saturated carbocycles. The summed E-state index contributed by atoms with van der Waals surface area (Å²) in [5, 5.41) is 7.43. The molecular weight excluding hydrogens is 449 g/mol. The summed E-state index contributed by atoms with van der Waals surface area (Å²) >= 11 is 2.04. The van der Waals surface area contributed by atoms with E-state index in [1.165, 1.54) is 0 Å². The Morgan fingerprint density at radius 1 is 1.44 bits per heavy atom. The van der Waals surface area contributed by atoms with Gasteiger partial charge in [-0.3, -0.25) is 4.99 Å². The van der Waals surface area contributed by atoms with Crippen LogP contribution in [0.2, 0.25) is 0 Å². The Morgan fingerprint density at radius 3 is 2.80 bits per heavy atom. The predicted molar refractivity (Wildman–Crippen MR) is 116 cm³/mol. The Balaban J connectivity index is 0.00000312. The van der Waals surface area contributed by atoms with Crippen molar-refractivity contribution in [3.05, 3.63) is 11.7 Å². The molecule has 1 fully saturated rings. The first-order valence-corrected chi connectivity index (χ1v) is 9.89. The van der Waals surface area contributed by atoms with Gasteiger partial charge < -0.3 is 14.7 Å². The van der Waals surface area contributed by atoms with Gasteiger partial charge in [0.05, 0.1) is 0 Å². The van der Waals surface area contributed by atoms with Crippen LogP contribution in [-0.4, -0.2) is 57.7 Å². The summed E-state index contributed by atoms with van der Waals surface area (Å²) in [4.78, 5) is 11.6. The first-order chi connectivity index (χ1) is 11.4. The van der Waals surface area contributed by atoms with Gasteiger partial charge in [-0.15, -0.1) is 24.0 Å². The van der Waals surface area contributed by atoms with Gasteiger partial charge in [-0.05, 0) is 27.2 Å². The number of nitrogens with zero attached hydrogens (tertiary/aromatic N) is 4. The van der Waals surface area contributed by atoms with Crippen molar-refractivity contribution in [3.63, 3.8) is 0 Å². The van der Waals surface area contributed by atoms with Gasteiger partial charge in [0.25, 0.3) is 0 Å². The highest BCUT2D eigenvalue weighted by Gasteiger charge is 2.28. The van der Waals surface area contributed by atoms with E-state index in [0.717, 1.165) is 62.4 Å². The third kappa shape index (κ3) is 7.32. The zero-order valence-corrected chi connectivity index (χ0v) is 19.2. The molecule has 0 aliphatic carbocycles. The van der Waals surface area contributed by atoms with Crippen LogP contribution in [-0.2, 0) is 6.42 Å². The van der Waals surface area contributed by atoms with E-state index in [0.29, 0.717) is 5.92 Å². The van der Waals surface area contributed by atoms with Gasteiger partial charge in [0.2, 0.25) is 5.89 Å². The fourth-order valence-electron chi connectivity index (χ4n) is 2.64.